The molecule has 132 valence electrons. The molecule has 0 atom stereocenters. The van der Waals surface area contributed by atoms with E-state index in [4.69, 9.17) is 16.3 Å². The molecule has 0 aromatic heterocycles. The van der Waals surface area contributed by atoms with Crippen LogP contribution in [0.25, 0.3) is 0 Å². The summed E-state index contributed by atoms with van der Waals surface area (Å²) in [7, 11) is -5.00. The molecule has 0 saturated heterocycles. The maximum atomic E-state index is 12.6. The largest absolute Gasteiger partial charge is 0.449 e. The maximum absolute atomic E-state index is 12.6. The van der Waals surface area contributed by atoms with Crippen LogP contribution in [0.5, 0.6) is 11.5 Å². The standard InChI is InChI=1S/C14H8ClF2NO6S/c15-10-5-8(7-19)1-3-12(10)24-13-4-2-9(6-11(13)18(20)21)25(22,23)14(16)17/h1-7,14H. The molecule has 0 N–H and O–H groups in total. The molecule has 2 aromatic rings. The number of nitro benzene ring substituents is 1. The summed E-state index contributed by atoms with van der Waals surface area (Å²) in [5.41, 5.74) is -0.595. The van der Waals surface area contributed by atoms with Crippen LogP contribution in [0.2, 0.25) is 5.02 Å². The van der Waals surface area contributed by atoms with Crippen molar-refractivity contribution in [2.24, 2.45) is 0 Å². The lowest BCUT2D eigenvalue weighted by molar-refractivity contribution is -0.385. The van der Waals surface area contributed by atoms with Gasteiger partial charge in [-0.05, 0) is 30.3 Å². The predicted octanol–water partition coefficient (Wildman–Crippen LogP) is 3.85. The number of aldehydes is 1. The lowest BCUT2D eigenvalue weighted by Crippen LogP contribution is -2.11. The third-order valence-corrected chi connectivity index (χ3v) is 4.68. The topological polar surface area (TPSA) is 104 Å². The maximum Gasteiger partial charge on any atom is 0.341 e. The van der Waals surface area contributed by atoms with Gasteiger partial charge in [0.1, 0.15) is 12.0 Å². The molecule has 0 aliphatic heterocycles. The summed E-state index contributed by atoms with van der Waals surface area (Å²) >= 11 is 5.89. The minimum Gasteiger partial charge on any atom is -0.449 e. The first-order valence-corrected chi connectivity index (χ1v) is 8.32. The van der Waals surface area contributed by atoms with Gasteiger partial charge in [-0.25, -0.2) is 8.42 Å². The molecular weight excluding hydrogens is 384 g/mol. The molecule has 0 amide bonds. The molecule has 0 saturated carbocycles. The molecule has 25 heavy (non-hydrogen) atoms. The molecule has 0 bridgehead atoms. The van der Waals surface area contributed by atoms with E-state index in [2.05, 4.69) is 0 Å². The molecular formula is C14H8ClF2NO6S. The van der Waals surface area contributed by atoms with E-state index in [1.54, 1.807) is 0 Å². The highest BCUT2D eigenvalue weighted by molar-refractivity contribution is 7.91. The third-order valence-electron chi connectivity index (χ3n) is 3.00. The van der Waals surface area contributed by atoms with Gasteiger partial charge >= 0.3 is 11.4 Å². The van der Waals surface area contributed by atoms with Crippen molar-refractivity contribution >= 4 is 33.4 Å². The molecule has 2 rings (SSSR count). The van der Waals surface area contributed by atoms with E-state index in [-0.39, 0.29) is 16.3 Å². The van der Waals surface area contributed by atoms with Gasteiger partial charge in [0.2, 0.25) is 15.6 Å². The van der Waals surface area contributed by atoms with Crippen LogP contribution >= 0.6 is 11.6 Å². The van der Waals surface area contributed by atoms with Gasteiger partial charge in [-0.1, -0.05) is 11.6 Å². The molecule has 7 nitrogen and oxygen atoms in total. The molecule has 11 heteroatoms. The zero-order valence-electron chi connectivity index (χ0n) is 12.1. The molecule has 0 aliphatic rings. The number of hydrogen-bond donors (Lipinski definition) is 0. The van der Waals surface area contributed by atoms with Crippen LogP contribution in [0.3, 0.4) is 0 Å². The van der Waals surface area contributed by atoms with Crippen LogP contribution in [-0.4, -0.2) is 25.4 Å². The van der Waals surface area contributed by atoms with E-state index in [1.807, 2.05) is 0 Å². The monoisotopic (exact) mass is 391 g/mol. The highest BCUT2D eigenvalue weighted by atomic mass is 35.5. The van der Waals surface area contributed by atoms with Crippen molar-refractivity contribution in [2.75, 3.05) is 0 Å². The fraction of sp³-hybridized carbons (Fsp3) is 0.0714. The van der Waals surface area contributed by atoms with Crippen molar-refractivity contribution in [1.82, 2.24) is 0 Å². The lowest BCUT2D eigenvalue weighted by atomic mass is 10.2. The van der Waals surface area contributed by atoms with Gasteiger partial charge in [0.15, 0.2) is 0 Å². The quantitative estimate of drug-likeness (QED) is 0.421. The number of nitro groups is 1. The van der Waals surface area contributed by atoms with Gasteiger partial charge in [-0.2, -0.15) is 8.78 Å². The summed E-state index contributed by atoms with van der Waals surface area (Å²) in [6.07, 6.45) is 0.530. The second-order valence-corrected chi connectivity index (χ2v) is 6.93. The Morgan fingerprint density at radius 1 is 1.16 bits per heavy atom. The van der Waals surface area contributed by atoms with E-state index >= 15 is 0 Å². The minimum atomic E-state index is -5.00. The summed E-state index contributed by atoms with van der Waals surface area (Å²) in [4.78, 5) is 19.9. The van der Waals surface area contributed by atoms with Crippen molar-refractivity contribution in [1.29, 1.82) is 0 Å². The van der Waals surface area contributed by atoms with Crippen molar-refractivity contribution in [3.05, 3.63) is 57.1 Å². The van der Waals surface area contributed by atoms with Crippen molar-refractivity contribution in [3.63, 3.8) is 0 Å². The average molecular weight is 392 g/mol. The number of nitrogens with zero attached hydrogens (tertiary/aromatic N) is 1. The van der Waals surface area contributed by atoms with Crippen LogP contribution in [0, 0.1) is 10.1 Å². The lowest BCUT2D eigenvalue weighted by Gasteiger charge is -2.10. The Hall–Kier alpha value is -2.59. The van der Waals surface area contributed by atoms with Gasteiger partial charge in [0.05, 0.1) is 14.8 Å². The zero-order valence-corrected chi connectivity index (χ0v) is 13.6. The fourth-order valence-electron chi connectivity index (χ4n) is 1.80. The molecule has 0 heterocycles. The molecule has 0 radical (unpaired) electrons. The molecule has 2 aromatic carbocycles. The number of carbonyl (C=O) groups excluding carboxylic acids is 1. The van der Waals surface area contributed by atoms with E-state index in [0.717, 1.165) is 12.1 Å². The van der Waals surface area contributed by atoms with Crippen LogP contribution in [0.4, 0.5) is 14.5 Å². The highest BCUT2D eigenvalue weighted by Crippen LogP contribution is 2.37. The molecule has 0 aliphatic carbocycles. The number of ether oxygens (including phenoxy) is 1. The first kappa shape index (κ1) is 18.7. The van der Waals surface area contributed by atoms with Crippen molar-refractivity contribution < 1.29 is 31.7 Å². The van der Waals surface area contributed by atoms with Gasteiger partial charge < -0.3 is 4.74 Å². The minimum absolute atomic E-state index is 0.0248. The smallest absolute Gasteiger partial charge is 0.341 e. The van der Waals surface area contributed by atoms with Crippen molar-refractivity contribution in [3.8, 4) is 11.5 Å². The summed E-state index contributed by atoms with van der Waals surface area (Å²) in [5.74, 6) is -4.16. The number of halogens is 3. The predicted molar refractivity (Wildman–Crippen MR) is 83.2 cm³/mol. The normalized spacial score (nSPS) is 11.4. The molecule has 0 fully saturated rings. The fourth-order valence-corrected chi connectivity index (χ4v) is 2.76. The number of sulfone groups is 1. The van der Waals surface area contributed by atoms with Gasteiger partial charge in [-0.3, -0.25) is 14.9 Å². The number of hydrogen-bond acceptors (Lipinski definition) is 6. The number of carbonyl (C=O) groups is 1. The summed E-state index contributed by atoms with van der Waals surface area (Å²) < 4.78 is 53.3. The van der Waals surface area contributed by atoms with Gasteiger partial charge in [0.25, 0.3) is 0 Å². The Morgan fingerprint density at radius 3 is 2.32 bits per heavy atom. The van der Waals surface area contributed by atoms with E-state index in [1.165, 1.54) is 18.2 Å². The number of rotatable bonds is 6. The second-order valence-electron chi connectivity index (χ2n) is 4.60. The van der Waals surface area contributed by atoms with E-state index < -0.39 is 36.9 Å². The average Bonchev–Trinajstić information content (AvgIpc) is 2.56. The SMILES string of the molecule is O=Cc1ccc(Oc2ccc(S(=O)(=O)C(F)F)cc2[N+](=O)[O-])c(Cl)c1. The van der Waals surface area contributed by atoms with Gasteiger partial charge in [0, 0.05) is 11.6 Å². The number of benzene rings is 2. The number of alkyl halides is 2. The van der Waals surface area contributed by atoms with Crippen molar-refractivity contribution in [2.45, 2.75) is 10.7 Å². The third kappa shape index (κ3) is 3.91. The Kier molecular flexibility index (Phi) is 5.33. The first-order valence-electron chi connectivity index (χ1n) is 6.40. The highest BCUT2D eigenvalue weighted by Gasteiger charge is 2.30. The van der Waals surface area contributed by atoms with Crippen LogP contribution in [0.1, 0.15) is 10.4 Å². The van der Waals surface area contributed by atoms with Gasteiger partial charge in [-0.15, -0.1) is 0 Å². The Labute approximate surface area is 144 Å². The Morgan fingerprint density at radius 2 is 1.80 bits per heavy atom. The summed E-state index contributed by atoms with van der Waals surface area (Å²) in [5, 5.41) is 11.1. The van der Waals surface area contributed by atoms with Crippen LogP contribution in [-0.2, 0) is 9.84 Å². The van der Waals surface area contributed by atoms with Crippen LogP contribution < -0.4 is 4.74 Å². The van der Waals surface area contributed by atoms with E-state index in [0.29, 0.717) is 12.4 Å². The Bertz CT molecular complexity index is 948. The molecule has 0 spiro atoms. The van der Waals surface area contributed by atoms with E-state index in [9.17, 15) is 32.1 Å². The first-order chi connectivity index (χ1) is 11.7. The molecule has 0 unspecified atom stereocenters. The van der Waals surface area contributed by atoms with Crippen LogP contribution in [0.15, 0.2) is 41.3 Å². The second kappa shape index (κ2) is 7.11. The Balaban J connectivity index is 2.49. The zero-order chi connectivity index (χ0) is 18.8. The summed E-state index contributed by atoms with van der Waals surface area (Å²) in [6, 6.07) is 5.99. The summed E-state index contributed by atoms with van der Waals surface area (Å²) in [6.45, 7) is 0.